The summed E-state index contributed by atoms with van der Waals surface area (Å²) in [6.45, 7) is 1.48. The first-order valence-electron chi connectivity index (χ1n) is 5.31. The van der Waals surface area contributed by atoms with Crippen molar-refractivity contribution in [2.45, 2.75) is 12.5 Å². The van der Waals surface area contributed by atoms with Crippen LogP contribution in [0.25, 0.3) is 0 Å². The van der Waals surface area contributed by atoms with Crippen LogP contribution in [0.3, 0.4) is 0 Å². The third-order valence-electron chi connectivity index (χ3n) is 2.55. The quantitative estimate of drug-likeness (QED) is 0.844. The van der Waals surface area contributed by atoms with E-state index in [1.807, 2.05) is 0 Å². The Kier molecular flexibility index (Phi) is 4.90. The van der Waals surface area contributed by atoms with Crippen molar-refractivity contribution >= 4 is 26.1 Å². The first-order valence-corrected chi connectivity index (χ1v) is 7.54. The number of nitrogens with one attached hydrogen (secondary N) is 1. The highest BCUT2D eigenvalue weighted by Crippen LogP contribution is 2.22. The molecule has 1 aromatic rings. The SMILES string of the molecule is CN(C)S(=O)(=O)NCC(C)(O)c1ccc(Br)cc1. The second kappa shape index (κ2) is 5.66. The Bertz CT molecular complexity index is 498. The molecule has 1 rings (SSSR count). The maximum atomic E-state index is 11.6. The van der Waals surface area contributed by atoms with Gasteiger partial charge in [0.25, 0.3) is 10.2 Å². The van der Waals surface area contributed by atoms with Crippen molar-refractivity contribution in [1.29, 1.82) is 0 Å². The Morgan fingerprint density at radius 3 is 2.28 bits per heavy atom. The molecule has 102 valence electrons. The molecule has 0 heterocycles. The molecule has 1 atom stereocenters. The lowest BCUT2D eigenvalue weighted by atomic mass is 9.97. The Morgan fingerprint density at radius 1 is 1.33 bits per heavy atom. The second-order valence-electron chi connectivity index (χ2n) is 4.39. The van der Waals surface area contributed by atoms with Crippen LogP contribution in [0.2, 0.25) is 0 Å². The molecular weight excluding hydrogens is 320 g/mol. The van der Waals surface area contributed by atoms with Gasteiger partial charge < -0.3 is 5.11 Å². The van der Waals surface area contributed by atoms with Crippen LogP contribution in [0.5, 0.6) is 0 Å². The maximum Gasteiger partial charge on any atom is 0.279 e. The molecule has 0 spiro atoms. The topological polar surface area (TPSA) is 69.6 Å². The monoisotopic (exact) mass is 336 g/mol. The third kappa shape index (κ3) is 4.03. The van der Waals surface area contributed by atoms with Gasteiger partial charge in [0.15, 0.2) is 0 Å². The molecule has 0 fully saturated rings. The molecule has 7 heteroatoms. The number of nitrogens with zero attached hydrogens (tertiary/aromatic N) is 1. The molecule has 0 aliphatic heterocycles. The van der Waals surface area contributed by atoms with E-state index >= 15 is 0 Å². The molecule has 0 saturated heterocycles. The zero-order valence-electron chi connectivity index (χ0n) is 10.5. The number of aliphatic hydroxyl groups is 1. The largest absolute Gasteiger partial charge is 0.384 e. The van der Waals surface area contributed by atoms with E-state index in [2.05, 4.69) is 20.7 Å². The standard InChI is InChI=1S/C11H17BrN2O3S/c1-11(15,8-13-18(16,17)14(2)3)9-4-6-10(12)7-5-9/h4-7,13,15H,8H2,1-3H3. The molecule has 0 aromatic heterocycles. The number of halogens is 1. The van der Waals surface area contributed by atoms with E-state index in [0.717, 1.165) is 8.78 Å². The Morgan fingerprint density at radius 2 is 1.83 bits per heavy atom. The minimum absolute atomic E-state index is 0.0881. The first kappa shape index (κ1) is 15.6. The Labute approximate surface area is 116 Å². The smallest absolute Gasteiger partial charge is 0.279 e. The fraction of sp³-hybridized carbons (Fsp3) is 0.455. The minimum Gasteiger partial charge on any atom is -0.384 e. The number of hydrogen-bond acceptors (Lipinski definition) is 3. The van der Waals surface area contributed by atoms with Gasteiger partial charge in [-0.3, -0.25) is 0 Å². The zero-order valence-corrected chi connectivity index (χ0v) is 12.9. The van der Waals surface area contributed by atoms with Gasteiger partial charge in [0.2, 0.25) is 0 Å². The normalized spacial score (nSPS) is 15.7. The maximum absolute atomic E-state index is 11.6. The first-order chi connectivity index (χ1) is 8.15. The highest BCUT2D eigenvalue weighted by molar-refractivity contribution is 9.10. The van der Waals surface area contributed by atoms with Gasteiger partial charge in [-0.25, -0.2) is 0 Å². The molecule has 1 aromatic carbocycles. The molecule has 0 saturated carbocycles. The van der Waals surface area contributed by atoms with Crippen molar-refractivity contribution in [1.82, 2.24) is 9.03 Å². The van der Waals surface area contributed by atoms with E-state index in [1.54, 1.807) is 31.2 Å². The summed E-state index contributed by atoms with van der Waals surface area (Å²) in [5, 5.41) is 10.3. The van der Waals surface area contributed by atoms with Crippen molar-refractivity contribution in [2.75, 3.05) is 20.6 Å². The fourth-order valence-electron chi connectivity index (χ4n) is 1.27. The van der Waals surface area contributed by atoms with E-state index in [0.29, 0.717) is 5.56 Å². The van der Waals surface area contributed by atoms with Crippen LogP contribution in [0.15, 0.2) is 28.7 Å². The van der Waals surface area contributed by atoms with Gasteiger partial charge in [-0.1, -0.05) is 28.1 Å². The van der Waals surface area contributed by atoms with Crippen LogP contribution in [0.1, 0.15) is 12.5 Å². The molecule has 5 nitrogen and oxygen atoms in total. The van der Waals surface area contributed by atoms with Crippen molar-refractivity contribution < 1.29 is 13.5 Å². The zero-order chi connectivity index (χ0) is 14.0. The highest BCUT2D eigenvalue weighted by Gasteiger charge is 2.26. The third-order valence-corrected chi connectivity index (χ3v) is 4.54. The molecule has 1 unspecified atom stereocenters. The van der Waals surface area contributed by atoms with Gasteiger partial charge in [-0.05, 0) is 24.6 Å². The Hall–Kier alpha value is -0.470. The molecule has 0 radical (unpaired) electrons. The minimum atomic E-state index is -3.53. The summed E-state index contributed by atoms with van der Waals surface area (Å²) >= 11 is 3.30. The Balaban J connectivity index is 2.80. The van der Waals surface area contributed by atoms with Crippen molar-refractivity contribution in [3.63, 3.8) is 0 Å². The summed E-state index contributed by atoms with van der Waals surface area (Å²) in [7, 11) is -0.679. The summed E-state index contributed by atoms with van der Waals surface area (Å²) in [6.07, 6.45) is 0. The van der Waals surface area contributed by atoms with Crippen molar-refractivity contribution in [2.24, 2.45) is 0 Å². The van der Waals surface area contributed by atoms with E-state index in [4.69, 9.17) is 0 Å². The highest BCUT2D eigenvalue weighted by atomic mass is 79.9. The van der Waals surface area contributed by atoms with Crippen LogP contribution >= 0.6 is 15.9 Å². The molecule has 0 aliphatic rings. The van der Waals surface area contributed by atoms with Gasteiger partial charge in [-0.2, -0.15) is 17.4 Å². The van der Waals surface area contributed by atoms with Crippen LogP contribution in [0, 0.1) is 0 Å². The van der Waals surface area contributed by atoms with E-state index in [9.17, 15) is 13.5 Å². The van der Waals surface area contributed by atoms with Crippen LogP contribution < -0.4 is 4.72 Å². The number of benzene rings is 1. The predicted octanol–water partition coefficient (Wildman–Crippen LogP) is 1.05. The van der Waals surface area contributed by atoms with Crippen molar-refractivity contribution in [3.05, 3.63) is 34.3 Å². The summed E-state index contributed by atoms with van der Waals surface area (Å²) in [6, 6.07) is 7.08. The van der Waals surface area contributed by atoms with E-state index in [1.165, 1.54) is 14.1 Å². The van der Waals surface area contributed by atoms with Crippen molar-refractivity contribution in [3.8, 4) is 0 Å². The molecule has 0 amide bonds. The average molecular weight is 337 g/mol. The van der Waals surface area contributed by atoms with Crippen LogP contribution in [0.4, 0.5) is 0 Å². The summed E-state index contributed by atoms with van der Waals surface area (Å²) in [5.41, 5.74) is -0.615. The van der Waals surface area contributed by atoms with Gasteiger partial charge in [0.1, 0.15) is 5.60 Å². The summed E-state index contributed by atoms with van der Waals surface area (Å²) in [4.78, 5) is 0. The van der Waals surface area contributed by atoms with E-state index in [-0.39, 0.29) is 6.54 Å². The lowest BCUT2D eigenvalue weighted by Gasteiger charge is -2.25. The number of rotatable bonds is 5. The van der Waals surface area contributed by atoms with E-state index < -0.39 is 15.8 Å². The van der Waals surface area contributed by atoms with Gasteiger partial charge in [0.05, 0.1) is 0 Å². The molecular formula is C11H17BrN2O3S. The average Bonchev–Trinajstić information content (AvgIpc) is 2.27. The second-order valence-corrected chi connectivity index (χ2v) is 7.27. The molecule has 0 bridgehead atoms. The molecule has 0 aliphatic carbocycles. The lowest BCUT2D eigenvalue weighted by molar-refractivity contribution is 0.0624. The summed E-state index contributed by atoms with van der Waals surface area (Å²) < 4.78 is 27.4. The molecule has 2 N–H and O–H groups in total. The fourth-order valence-corrected chi connectivity index (χ4v) is 2.26. The molecule has 18 heavy (non-hydrogen) atoms. The summed E-state index contributed by atoms with van der Waals surface area (Å²) in [5.74, 6) is 0. The van der Waals surface area contributed by atoms with Gasteiger partial charge in [-0.15, -0.1) is 0 Å². The van der Waals surface area contributed by atoms with Gasteiger partial charge >= 0.3 is 0 Å². The van der Waals surface area contributed by atoms with Gasteiger partial charge in [0, 0.05) is 25.1 Å². The lowest BCUT2D eigenvalue weighted by Crippen LogP contribution is -2.43. The van der Waals surface area contributed by atoms with Crippen LogP contribution in [-0.4, -0.2) is 38.5 Å². The predicted molar refractivity (Wildman–Crippen MR) is 74.3 cm³/mol. The van der Waals surface area contributed by atoms with Crippen LogP contribution in [-0.2, 0) is 15.8 Å². The number of hydrogen-bond donors (Lipinski definition) is 2.